The zero-order valence-electron chi connectivity index (χ0n) is 10.4. The van der Waals surface area contributed by atoms with E-state index in [2.05, 4.69) is 22.6 Å². The van der Waals surface area contributed by atoms with Crippen molar-refractivity contribution in [3.05, 3.63) is 42.3 Å². The van der Waals surface area contributed by atoms with E-state index in [-0.39, 0.29) is 0 Å². The Morgan fingerprint density at radius 3 is 2.94 bits per heavy atom. The molecule has 3 rings (SSSR count). The average Bonchev–Trinajstić information content (AvgIpc) is 2.89. The molecule has 94 valence electrons. The molecule has 1 aliphatic heterocycles. The molecule has 1 aromatic carbocycles. The monoisotopic (exact) mass is 242 g/mol. The van der Waals surface area contributed by atoms with Crippen molar-refractivity contribution < 1.29 is 4.52 Å². The minimum atomic E-state index is 0.675. The molecule has 2 heterocycles. The summed E-state index contributed by atoms with van der Waals surface area (Å²) in [4.78, 5) is 0. The highest BCUT2D eigenvalue weighted by molar-refractivity contribution is 5.64. The lowest BCUT2D eigenvalue weighted by Crippen LogP contribution is -2.30. The maximum absolute atomic E-state index is 5.44. The van der Waals surface area contributed by atoms with Gasteiger partial charge in [-0.25, -0.2) is 0 Å². The van der Waals surface area contributed by atoms with Gasteiger partial charge in [-0.15, -0.1) is 0 Å². The van der Waals surface area contributed by atoms with E-state index in [1.54, 1.807) is 0 Å². The van der Waals surface area contributed by atoms with E-state index in [1.165, 1.54) is 18.4 Å². The fraction of sp³-hybridized carbons (Fsp3) is 0.400. The van der Waals surface area contributed by atoms with Gasteiger partial charge in [0.1, 0.15) is 5.76 Å². The zero-order valence-corrected chi connectivity index (χ0v) is 10.4. The van der Waals surface area contributed by atoms with Crippen LogP contribution < -0.4 is 5.32 Å². The summed E-state index contributed by atoms with van der Waals surface area (Å²) in [5, 5.41) is 7.41. The highest BCUT2D eigenvalue weighted by Crippen LogP contribution is 2.26. The lowest BCUT2D eigenvalue weighted by Gasteiger charge is -2.21. The van der Waals surface area contributed by atoms with Crippen LogP contribution >= 0.6 is 0 Å². The third-order valence-corrected chi connectivity index (χ3v) is 3.60. The predicted molar refractivity (Wildman–Crippen MR) is 71.2 cm³/mol. The SMILES string of the molecule is c1ccc(-c2cnoc2CC2CCCNC2)cc1. The Hall–Kier alpha value is -1.61. The van der Waals surface area contributed by atoms with Gasteiger partial charge in [0, 0.05) is 12.0 Å². The van der Waals surface area contributed by atoms with Crippen molar-refractivity contribution in [2.45, 2.75) is 19.3 Å². The van der Waals surface area contributed by atoms with Crippen molar-refractivity contribution in [1.29, 1.82) is 0 Å². The molecule has 0 aliphatic carbocycles. The molecule has 1 aliphatic rings. The number of hydrogen-bond acceptors (Lipinski definition) is 3. The van der Waals surface area contributed by atoms with E-state index in [0.717, 1.165) is 30.8 Å². The molecule has 1 aromatic heterocycles. The molecule has 0 amide bonds. The topological polar surface area (TPSA) is 38.1 Å². The van der Waals surface area contributed by atoms with Crippen molar-refractivity contribution in [1.82, 2.24) is 10.5 Å². The van der Waals surface area contributed by atoms with Gasteiger partial charge in [0.15, 0.2) is 0 Å². The Kier molecular flexibility index (Phi) is 3.42. The van der Waals surface area contributed by atoms with E-state index in [4.69, 9.17) is 4.52 Å². The number of hydrogen-bond donors (Lipinski definition) is 1. The van der Waals surface area contributed by atoms with Gasteiger partial charge in [-0.2, -0.15) is 0 Å². The molecular weight excluding hydrogens is 224 g/mol. The summed E-state index contributed by atoms with van der Waals surface area (Å²) in [6.07, 6.45) is 5.36. The molecule has 0 bridgehead atoms. The van der Waals surface area contributed by atoms with Crippen molar-refractivity contribution in [3.63, 3.8) is 0 Å². The van der Waals surface area contributed by atoms with Gasteiger partial charge in [0.25, 0.3) is 0 Å². The number of nitrogens with one attached hydrogen (secondary N) is 1. The van der Waals surface area contributed by atoms with Crippen molar-refractivity contribution in [3.8, 4) is 11.1 Å². The van der Waals surface area contributed by atoms with Crippen LogP contribution in [0.3, 0.4) is 0 Å². The minimum Gasteiger partial charge on any atom is -0.361 e. The van der Waals surface area contributed by atoms with E-state index in [9.17, 15) is 0 Å². The molecule has 1 N–H and O–H groups in total. The quantitative estimate of drug-likeness (QED) is 0.899. The van der Waals surface area contributed by atoms with Gasteiger partial charge < -0.3 is 9.84 Å². The van der Waals surface area contributed by atoms with Crippen LogP contribution in [-0.2, 0) is 6.42 Å². The molecular formula is C15H18N2O. The van der Waals surface area contributed by atoms with Crippen LogP contribution in [-0.4, -0.2) is 18.2 Å². The summed E-state index contributed by atoms with van der Waals surface area (Å²) in [6.45, 7) is 2.24. The second-order valence-corrected chi connectivity index (χ2v) is 4.95. The molecule has 3 nitrogen and oxygen atoms in total. The van der Waals surface area contributed by atoms with Crippen LogP contribution in [0.25, 0.3) is 11.1 Å². The summed E-state index contributed by atoms with van der Waals surface area (Å²) in [5.41, 5.74) is 2.33. The van der Waals surface area contributed by atoms with E-state index in [0.29, 0.717) is 5.92 Å². The zero-order chi connectivity index (χ0) is 12.2. The third-order valence-electron chi connectivity index (χ3n) is 3.60. The molecule has 1 fully saturated rings. The normalized spacial score (nSPS) is 19.9. The molecule has 0 radical (unpaired) electrons. The molecule has 1 unspecified atom stereocenters. The average molecular weight is 242 g/mol. The number of aromatic nitrogens is 1. The third kappa shape index (κ3) is 2.46. The number of benzene rings is 1. The molecule has 18 heavy (non-hydrogen) atoms. The minimum absolute atomic E-state index is 0.675. The van der Waals surface area contributed by atoms with Gasteiger partial charge in [0.2, 0.25) is 0 Å². The number of piperidine rings is 1. The smallest absolute Gasteiger partial charge is 0.144 e. The first-order valence-electron chi connectivity index (χ1n) is 6.63. The second-order valence-electron chi connectivity index (χ2n) is 4.95. The Morgan fingerprint density at radius 2 is 2.17 bits per heavy atom. The van der Waals surface area contributed by atoms with Crippen molar-refractivity contribution in [2.24, 2.45) is 5.92 Å². The van der Waals surface area contributed by atoms with Gasteiger partial charge >= 0.3 is 0 Å². The van der Waals surface area contributed by atoms with E-state index >= 15 is 0 Å². The summed E-state index contributed by atoms with van der Waals surface area (Å²) in [7, 11) is 0. The van der Waals surface area contributed by atoms with Crippen molar-refractivity contribution in [2.75, 3.05) is 13.1 Å². The van der Waals surface area contributed by atoms with Crippen LogP contribution in [0.4, 0.5) is 0 Å². The fourth-order valence-corrected chi connectivity index (χ4v) is 2.62. The Morgan fingerprint density at radius 1 is 1.28 bits per heavy atom. The standard InChI is InChI=1S/C15H18N2O/c1-2-6-13(7-3-1)14-11-17-18-15(14)9-12-5-4-8-16-10-12/h1-3,6-7,11-12,16H,4-5,8-10H2. The molecule has 0 saturated carbocycles. The maximum Gasteiger partial charge on any atom is 0.144 e. The summed E-state index contributed by atoms with van der Waals surface area (Å²) < 4.78 is 5.44. The van der Waals surface area contributed by atoms with Crippen LogP contribution in [0.5, 0.6) is 0 Å². The second kappa shape index (κ2) is 5.36. The summed E-state index contributed by atoms with van der Waals surface area (Å²) >= 11 is 0. The maximum atomic E-state index is 5.44. The Labute approximate surface area is 107 Å². The van der Waals surface area contributed by atoms with Gasteiger partial charge in [-0.3, -0.25) is 0 Å². The lowest BCUT2D eigenvalue weighted by atomic mass is 9.93. The summed E-state index contributed by atoms with van der Waals surface area (Å²) in [6, 6.07) is 10.3. The first-order chi connectivity index (χ1) is 8.93. The Bertz CT molecular complexity index is 486. The van der Waals surface area contributed by atoms with Crippen LogP contribution in [0.2, 0.25) is 0 Å². The molecule has 1 atom stereocenters. The van der Waals surface area contributed by atoms with E-state index < -0.39 is 0 Å². The lowest BCUT2D eigenvalue weighted by molar-refractivity contribution is 0.321. The molecule has 1 saturated heterocycles. The molecule has 0 spiro atoms. The summed E-state index contributed by atoms with van der Waals surface area (Å²) in [5.74, 6) is 1.70. The van der Waals surface area contributed by atoms with Gasteiger partial charge in [-0.05, 0) is 37.4 Å². The number of rotatable bonds is 3. The first kappa shape index (κ1) is 11.5. The van der Waals surface area contributed by atoms with Gasteiger partial charge in [0.05, 0.1) is 6.20 Å². The highest BCUT2D eigenvalue weighted by atomic mass is 16.5. The van der Waals surface area contributed by atoms with Crippen LogP contribution in [0, 0.1) is 5.92 Å². The van der Waals surface area contributed by atoms with E-state index in [1.807, 2.05) is 24.4 Å². The number of nitrogens with zero attached hydrogens (tertiary/aromatic N) is 1. The predicted octanol–water partition coefficient (Wildman–Crippen LogP) is 2.88. The largest absolute Gasteiger partial charge is 0.361 e. The fourth-order valence-electron chi connectivity index (χ4n) is 2.62. The molecule has 2 aromatic rings. The first-order valence-corrected chi connectivity index (χ1v) is 6.63. The van der Waals surface area contributed by atoms with Crippen molar-refractivity contribution >= 4 is 0 Å². The van der Waals surface area contributed by atoms with Gasteiger partial charge in [-0.1, -0.05) is 35.5 Å². The van der Waals surface area contributed by atoms with Crippen LogP contribution in [0.15, 0.2) is 41.1 Å². The molecule has 3 heteroatoms. The Balaban J connectivity index is 1.79. The highest BCUT2D eigenvalue weighted by Gasteiger charge is 2.18. The van der Waals surface area contributed by atoms with Crippen LogP contribution in [0.1, 0.15) is 18.6 Å².